The molecular weight excluding hydrogens is 256 g/mol. The van der Waals surface area contributed by atoms with Crippen LogP contribution in [0.4, 0.5) is 5.69 Å². The summed E-state index contributed by atoms with van der Waals surface area (Å²) in [5.41, 5.74) is 1.88. The van der Waals surface area contributed by atoms with E-state index >= 15 is 0 Å². The lowest BCUT2D eigenvalue weighted by atomic mass is 10.1. The van der Waals surface area contributed by atoms with Gasteiger partial charge in [0, 0.05) is 12.1 Å². The van der Waals surface area contributed by atoms with E-state index in [-0.39, 0.29) is 5.43 Å². The molecule has 0 aliphatic heterocycles. The van der Waals surface area contributed by atoms with Gasteiger partial charge in [-0.05, 0) is 45.3 Å². The number of hydrogen-bond donors (Lipinski definition) is 1. The van der Waals surface area contributed by atoms with Gasteiger partial charge in [-0.25, -0.2) is 0 Å². The van der Waals surface area contributed by atoms with Crippen LogP contribution in [0.25, 0.3) is 0 Å². The molecule has 0 aliphatic rings. The minimum Gasteiger partial charge on any atom is -0.383 e. The Morgan fingerprint density at radius 3 is 2.47 bits per heavy atom. The third-order valence-electron chi connectivity index (χ3n) is 3.55. The first-order valence-electron chi connectivity index (χ1n) is 7.44. The number of unbranched alkanes of at least 4 members (excludes halogenated alkanes) is 1. The van der Waals surface area contributed by atoms with Crippen molar-refractivity contribution in [2.24, 2.45) is 0 Å². The molecule has 0 aliphatic carbocycles. The van der Waals surface area contributed by atoms with E-state index in [1.807, 2.05) is 6.92 Å². The van der Waals surface area contributed by atoms with Crippen molar-refractivity contribution >= 4 is 17.9 Å². The summed E-state index contributed by atoms with van der Waals surface area (Å²) >= 11 is 5.07. The van der Waals surface area contributed by atoms with Gasteiger partial charge >= 0.3 is 0 Å². The molecule has 0 radical (unpaired) electrons. The zero-order valence-corrected chi connectivity index (χ0v) is 13.2. The lowest BCUT2D eigenvalue weighted by molar-refractivity contribution is 0.283. The Labute approximate surface area is 121 Å². The highest BCUT2D eigenvalue weighted by molar-refractivity contribution is 7.71. The fraction of sp³-hybridized carbons (Fsp3) is 0.733. The van der Waals surface area contributed by atoms with Crippen LogP contribution in [0.2, 0.25) is 0 Å². The van der Waals surface area contributed by atoms with Gasteiger partial charge in [-0.1, -0.05) is 33.0 Å². The van der Waals surface area contributed by atoms with E-state index < -0.39 is 0 Å². The van der Waals surface area contributed by atoms with E-state index in [4.69, 9.17) is 12.2 Å². The molecule has 0 aromatic heterocycles. The Morgan fingerprint density at radius 1 is 1.16 bits per heavy atom. The van der Waals surface area contributed by atoms with E-state index in [1.165, 1.54) is 19.4 Å². The highest BCUT2D eigenvalue weighted by atomic mass is 32.1. The maximum Gasteiger partial charge on any atom is 0.204 e. The van der Waals surface area contributed by atoms with Gasteiger partial charge in [-0.15, -0.1) is 0 Å². The summed E-state index contributed by atoms with van der Waals surface area (Å²) in [5, 5.41) is 3.32. The number of nitrogens with zero attached hydrogens (tertiary/aromatic N) is 1. The van der Waals surface area contributed by atoms with Crippen LogP contribution in [0.15, 0.2) is 4.79 Å². The third-order valence-corrected chi connectivity index (χ3v) is 3.94. The highest BCUT2D eigenvalue weighted by Gasteiger charge is 2.14. The van der Waals surface area contributed by atoms with Crippen LogP contribution in [0.3, 0.4) is 0 Å². The normalized spacial score (nSPS) is 11.4. The summed E-state index contributed by atoms with van der Waals surface area (Å²) in [4.78, 5) is 13.9. The predicted molar refractivity (Wildman–Crippen MR) is 85.4 cm³/mol. The fourth-order valence-electron chi connectivity index (χ4n) is 2.38. The Morgan fingerprint density at radius 2 is 1.89 bits per heavy atom. The van der Waals surface area contributed by atoms with Gasteiger partial charge in [-0.3, -0.25) is 4.79 Å². The molecule has 3 nitrogen and oxygen atoms in total. The zero-order valence-electron chi connectivity index (χ0n) is 12.4. The van der Waals surface area contributed by atoms with Crippen LogP contribution in [0, 0.1) is 4.51 Å². The standard InChI is InChI=1S/C15H26N2OS/c1-4-10-17(6-3)11-8-7-9-16-13-12(5-2)14(18)15(13)19/h16H,4-11H2,1-3H3. The SMILES string of the molecule is CCCN(CC)CCCCNc1c(CC)c(=O)c1=S. The topological polar surface area (TPSA) is 32.3 Å². The molecule has 0 amide bonds. The summed E-state index contributed by atoms with van der Waals surface area (Å²) in [6.45, 7) is 10.8. The van der Waals surface area contributed by atoms with Crippen LogP contribution in [0.5, 0.6) is 0 Å². The van der Waals surface area contributed by atoms with Gasteiger partial charge in [-0.2, -0.15) is 0 Å². The zero-order chi connectivity index (χ0) is 14.3. The van der Waals surface area contributed by atoms with Gasteiger partial charge in [0.05, 0.1) is 5.69 Å². The molecule has 1 rings (SSSR count). The molecule has 0 saturated heterocycles. The molecule has 0 spiro atoms. The molecule has 108 valence electrons. The van der Waals surface area contributed by atoms with Crippen LogP contribution in [-0.4, -0.2) is 31.1 Å². The van der Waals surface area contributed by atoms with E-state index in [1.54, 1.807) is 0 Å². The molecule has 0 fully saturated rings. The van der Waals surface area contributed by atoms with Crippen molar-refractivity contribution in [1.82, 2.24) is 4.90 Å². The molecule has 0 unspecified atom stereocenters. The number of rotatable bonds is 10. The average molecular weight is 282 g/mol. The maximum atomic E-state index is 11.4. The van der Waals surface area contributed by atoms with Crippen molar-refractivity contribution in [2.45, 2.75) is 46.5 Å². The smallest absolute Gasteiger partial charge is 0.204 e. The van der Waals surface area contributed by atoms with Gasteiger partial charge < -0.3 is 10.2 Å². The van der Waals surface area contributed by atoms with Crippen molar-refractivity contribution in [3.63, 3.8) is 0 Å². The summed E-state index contributed by atoms with van der Waals surface area (Å²) in [5.74, 6) is 0. The second kappa shape index (κ2) is 8.43. The van der Waals surface area contributed by atoms with Gasteiger partial charge in [0.1, 0.15) is 4.51 Å². The lowest BCUT2D eigenvalue weighted by Crippen LogP contribution is -2.26. The average Bonchev–Trinajstić information content (AvgIpc) is 2.43. The Kier molecular flexibility index (Phi) is 7.24. The molecule has 0 bridgehead atoms. The summed E-state index contributed by atoms with van der Waals surface area (Å²) in [6, 6.07) is 0. The second-order valence-corrected chi connectivity index (χ2v) is 5.34. The number of nitrogens with one attached hydrogen (secondary N) is 1. The quantitative estimate of drug-likeness (QED) is 0.528. The molecule has 1 N–H and O–H groups in total. The monoisotopic (exact) mass is 282 g/mol. The first-order chi connectivity index (χ1) is 9.15. The second-order valence-electron chi connectivity index (χ2n) is 4.93. The van der Waals surface area contributed by atoms with Crippen molar-refractivity contribution < 1.29 is 0 Å². The summed E-state index contributed by atoms with van der Waals surface area (Å²) in [6.07, 6.45) is 4.31. The lowest BCUT2D eigenvalue weighted by Gasteiger charge is -2.19. The van der Waals surface area contributed by atoms with Crippen molar-refractivity contribution in [2.75, 3.05) is 31.5 Å². The van der Waals surface area contributed by atoms with Crippen LogP contribution >= 0.6 is 12.2 Å². The molecular formula is C15H26N2OS. The van der Waals surface area contributed by atoms with Crippen LogP contribution in [-0.2, 0) is 6.42 Å². The van der Waals surface area contributed by atoms with Gasteiger partial charge in [0.2, 0.25) is 5.43 Å². The minimum atomic E-state index is 0.0695. The molecule has 19 heavy (non-hydrogen) atoms. The summed E-state index contributed by atoms with van der Waals surface area (Å²) in [7, 11) is 0. The Balaban J connectivity index is 2.23. The van der Waals surface area contributed by atoms with E-state index in [9.17, 15) is 4.79 Å². The van der Waals surface area contributed by atoms with E-state index in [2.05, 4.69) is 24.1 Å². The predicted octanol–water partition coefficient (Wildman–Crippen LogP) is 3.14. The molecule has 1 aromatic carbocycles. The van der Waals surface area contributed by atoms with Gasteiger partial charge in [0.15, 0.2) is 0 Å². The van der Waals surface area contributed by atoms with Crippen molar-refractivity contribution in [3.8, 4) is 0 Å². The minimum absolute atomic E-state index is 0.0695. The molecule has 1 aromatic rings. The van der Waals surface area contributed by atoms with E-state index in [0.29, 0.717) is 4.51 Å². The molecule has 0 heterocycles. The van der Waals surface area contributed by atoms with E-state index in [0.717, 1.165) is 43.7 Å². The first-order valence-corrected chi connectivity index (χ1v) is 7.84. The Hall–Kier alpha value is -0.740. The van der Waals surface area contributed by atoms with Crippen LogP contribution in [0.1, 0.15) is 45.6 Å². The summed E-state index contributed by atoms with van der Waals surface area (Å²) < 4.78 is 0.498. The third kappa shape index (κ3) is 4.39. The molecule has 4 heteroatoms. The van der Waals surface area contributed by atoms with Crippen LogP contribution < -0.4 is 10.7 Å². The van der Waals surface area contributed by atoms with Crippen molar-refractivity contribution in [3.05, 3.63) is 20.3 Å². The number of anilines is 1. The number of hydrogen-bond acceptors (Lipinski definition) is 4. The first kappa shape index (κ1) is 16.3. The van der Waals surface area contributed by atoms with Gasteiger partial charge in [0.25, 0.3) is 0 Å². The van der Waals surface area contributed by atoms with Crippen molar-refractivity contribution in [1.29, 1.82) is 0 Å². The molecule has 0 atom stereocenters. The molecule has 0 saturated carbocycles. The fourth-order valence-corrected chi connectivity index (χ4v) is 2.70. The Bertz CT molecular complexity index is 449. The maximum absolute atomic E-state index is 11.4. The largest absolute Gasteiger partial charge is 0.383 e. The highest BCUT2D eigenvalue weighted by Crippen LogP contribution is 2.17.